The molecule has 2 atom stereocenters. The van der Waals surface area contributed by atoms with Gasteiger partial charge < -0.3 is 19.2 Å². The van der Waals surface area contributed by atoms with Crippen LogP contribution in [-0.2, 0) is 11.3 Å². The van der Waals surface area contributed by atoms with Crippen LogP contribution in [0.15, 0.2) is 15.3 Å². The molecule has 2 unspecified atom stereocenters. The minimum Gasteiger partial charge on any atom is -0.506 e. The van der Waals surface area contributed by atoms with Gasteiger partial charge in [0.15, 0.2) is 0 Å². The molecule has 1 aromatic heterocycles. The Kier molecular flexibility index (Phi) is 8.00. The molecule has 1 N–H and O–H groups in total. The van der Waals surface area contributed by atoms with Crippen molar-refractivity contribution in [2.75, 3.05) is 39.9 Å². The smallest absolute Gasteiger partial charge is 0.339 e. The summed E-state index contributed by atoms with van der Waals surface area (Å²) in [7, 11) is 1.72. The summed E-state index contributed by atoms with van der Waals surface area (Å²) >= 11 is 6.44. The minimum atomic E-state index is -0.362. The third-order valence-electron chi connectivity index (χ3n) is 7.70. The summed E-state index contributed by atoms with van der Waals surface area (Å²) < 4.78 is 11.0. The van der Waals surface area contributed by atoms with E-state index in [1.807, 2.05) is 6.92 Å². The third-order valence-corrected chi connectivity index (χ3v) is 7.98. The zero-order valence-electron chi connectivity index (χ0n) is 20.2. The number of halogens is 1. The van der Waals surface area contributed by atoms with E-state index in [1.54, 1.807) is 20.1 Å². The zero-order valence-corrected chi connectivity index (χ0v) is 20.9. The average Bonchev–Trinajstić information content (AvgIpc) is 2.81. The number of ether oxygens (including phenoxy) is 1. The lowest BCUT2D eigenvalue weighted by atomic mass is 9.83. The van der Waals surface area contributed by atoms with Crippen LogP contribution in [0.4, 0.5) is 0 Å². The number of rotatable bonds is 8. The number of aryl methyl sites for hydroxylation is 1. The average molecular weight is 477 g/mol. The first kappa shape index (κ1) is 24.5. The second-order valence-electron chi connectivity index (χ2n) is 9.78. The first-order valence-electron chi connectivity index (χ1n) is 12.3. The highest BCUT2D eigenvalue weighted by Crippen LogP contribution is 2.38. The van der Waals surface area contributed by atoms with Crippen molar-refractivity contribution in [3.8, 4) is 5.75 Å². The van der Waals surface area contributed by atoms with Crippen molar-refractivity contribution < 1.29 is 14.3 Å². The monoisotopic (exact) mass is 476 g/mol. The lowest BCUT2D eigenvalue weighted by Gasteiger charge is -2.45. The Morgan fingerprint density at radius 3 is 2.79 bits per heavy atom. The van der Waals surface area contributed by atoms with E-state index in [0.717, 1.165) is 30.5 Å². The molecule has 0 bridgehead atoms. The normalized spacial score (nSPS) is 21.6. The molecule has 2 aliphatic rings. The van der Waals surface area contributed by atoms with Gasteiger partial charge >= 0.3 is 5.63 Å². The molecule has 182 valence electrons. The van der Waals surface area contributed by atoms with Crippen LogP contribution < -0.4 is 5.63 Å². The van der Waals surface area contributed by atoms with Gasteiger partial charge in [-0.2, -0.15) is 0 Å². The van der Waals surface area contributed by atoms with Crippen molar-refractivity contribution in [2.45, 2.75) is 65.0 Å². The van der Waals surface area contributed by atoms with Gasteiger partial charge in [0, 0.05) is 50.3 Å². The molecule has 4 rings (SSSR count). The lowest BCUT2D eigenvalue weighted by Crippen LogP contribution is -2.51. The predicted octanol–water partition coefficient (Wildman–Crippen LogP) is 4.87. The first-order valence-corrected chi connectivity index (χ1v) is 12.7. The van der Waals surface area contributed by atoms with E-state index in [1.165, 1.54) is 45.2 Å². The number of aromatic hydroxyl groups is 1. The number of phenols is 1. The summed E-state index contributed by atoms with van der Waals surface area (Å²) in [6.07, 6.45) is 7.27. The van der Waals surface area contributed by atoms with Gasteiger partial charge in [0.2, 0.25) is 0 Å². The SMILES string of the molecule is COCCCN(Cc1c(O)c(Cl)cc2c(C)c(C)c(=O)oc12)CC1CCCN2CCCCC12. The van der Waals surface area contributed by atoms with Gasteiger partial charge in [0.1, 0.15) is 11.3 Å². The van der Waals surface area contributed by atoms with Gasteiger partial charge in [-0.05, 0) is 76.6 Å². The third kappa shape index (κ3) is 5.24. The van der Waals surface area contributed by atoms with E-state index in [9.17, 15) is 9.90 Å². The Labute approximate surface area is 201 Å². The summed E-state index contributed by atoms with van der Waals surface area (Å²) in [4.78, 5) is 17.5. The van der Waals surface area contributed by atoms with Gasteiger partial charge in [-0.1, -0.05) is 18.0 Å². The van der Waals surface area contributed by atoms with E-state index in [2.05, 4.69) is 9.80 Å². The van der Waals surface area contributed by atoms with Crippen molar-refractivity contribution in [2.24, 2.45) is 5.92 Å². The van der Waals surface area contributed by atoms with E-state index < -0.39 is 0 Å². The molecular formula is C26H37ClN2O4. The fraction of sp³-hybridized carbons (Fsp3) is 0.654. The maximum Gasteiger partial charge on any atom is 0.339 e. The molecule has 2 saturated heterocycles. The van der Waals surface area contributed by atoms with Crippen LogP contribution >= 0.6 is 11.6 Å². The van der Waals surface area contributed by atoms with Crippen molar-refractivity contribution in [1.82, 2.24) is 9.80 Å². The molecular weight excluding hydrogens is 440 g/mol. The molecule has 0 spiro atoms. The Balaban J connectivity index is 1.66. The highest BCUT2D eigenvalue weighted by Gasteiger charge is 2.34. The van der Waals surface area contributed by atoms with Gasteiger partial charge in [-0.25, -0.2) is 4.79 Å². The maximum absolute atomic E-state index is 12.5. The first-order chi connectivity index (χ1) is 15.9. The van der Waals surface area contributed by atoms with Crippen molar-refractivity contribution in [3.05, 3.63) is 38.2 Å². The Morgan fingerprint density at radius 1 is 1.21 bits per heavy atom. The Bertz CT molecular complexity index is 1040. The van der Waals surface area contributed by atoms with E-state index in [4.69, 9.17) is 20.8 Å². The highest BCUT2D eigenvalue weighted by molar-refractivity contribution is 6.33. The minimum absolute atomic E-state index is 0.00949. The molecule has 0 saturated carbocycles. The van der Waals surface area contributed by atoms with E-state index in [0.29, 0.717) is 46.8 Å². The fourth-order valence-corrected chi connectivity index (χ4v) is 5.98. The predicted molar refractivity (Wildman–Crippen MR) is 132 cm³/mol. The number of hydrogen-bond donors (Lipinski definition) is 1. The van der Waals surface area contributed by atoms with E-state index >= 15 is 0 Å². The summed E-state index contributed by atoms with van der Waals surface area (Å²) in [5, 5.41) is 12.0. The van der Waals surface area contributed by atoms with Crippen LogP contribution in [0.5, 0.6) is 5.75 Å². The number of benzene rings is 1. The number of fused-ring (bicyclic) bond motifs is 2. The molecule has 33 heavy (non-hydrogen) atoms. The second-order valence-corrected chi connectivity index (χ2v) is 10.2. The number of methoxy groups -OCH3 is 1. The Hall–Kier alpha value is -1.60. The van der Waals surface area contributed by atoms with Crippen LogP contribution in [0.2, 0.25) is 5.02 Å². The molecule has 7 heteroatoms. The number of nitrogens with zero attached hydrogens (tertiary/aromatic N) is 2. The van der Waals surface area contributed by atoms with Crippen LogP contribution in [0.25, 0.3) is 11.0 Å². The van der Waals surface area contributed by atoms with Gasteiger partial charge in [-0.3, -0.25) is 4.90 Å². The Morgan fingerprint density at radius 2 is 2.00 bits per heavy atom. The van der Waals surface area contributed by atoms with Gasteiger partial charge in [0.25, 0.3) is 0 Å². The summed E-state index contributed by atoms with van der Waals surface area (Å²) in [5.74, 6) is 0.612. The zero-order chi connectivity index (χ0) is 23.5. The molecule has 3 heterocycles. The molecule has 6 nitrogen and oxygen atoms in total. The molecule has 2 aromatic rings. The standard InChI is InChI=1S/C26H37ClN2O4/c1-17-18(2)26(31)33-25-20(17)14-22(27)24(30)21(25)16-28(10-7-13-32-3)15-19-8-6-12-29-11-5-4-9-23(19)29/h14,19,23,30H,4-13,15-16H2,1-3H3. The molecule has 2 aliphatic heterocycles. The van der Waals surface area contributed by atoms with Crippen LogP contribution in [-0.4, -0.2) is 60.8 Å². The van der Waals surface area contributed by atoms with Crippen molar-refractivity contribution >= 4 is 22.6 Å². The highest BCUT2D eigenvalue weighted by atomic mass is 35.5. The molecule has 0 amide bonds. The summed E-state index contributed by atoms with van der Waals surface area (Å²) in [6, 6.07) is 2.35. The van der Waals surface area contributed by atoms with Crippen LogP contribution in [0, 0.1) is 19.8 Å². The number of phenolic OH excluding ortho intramolecular Hbond substituents is 1. The topological polar surface area (TPSA) is 66.2 Å². The van der Waals surface area contributed by atoms with Crippen molar-refractivity contribution in [1.29, 1.82) is 0 Å². The molecule has 1 aromatic carbocycles. The van der Waals surface area contributed by atoms with Gasteiger partial charge in [-0.15, -0.1) is 0 Å². The molecule has 2 fully saturated rings. The largest absolute Gasteiger partial charge is 0.506 e. The lowest BCUT2D eigenvalue weighted by molar-refractivity contribution is 0.0372. The quantitative estimate of drug-likeness (QED) is 0.433. The fourth-order valence-electron chi connectivity index (χ4n) is 5.75. The second kappa shape index (κ2) is 10.8. The van der Waals surface area contributed by atoms with Crippen molar-refractivity contribution in [3.63, 3.8) is 0 Å². The van der Waals surface area contributed by atoms with Gasteiger partial charge in [0.05, 0.1) is 10.6 Å². The number of piperidine rings is 2. The molecule has 0 radical (unpaired) electrons. The molecule has 0 aliphatic carbocycles. The maximum atomic E-state index is 12.5. The number of hydrogen-bond acceptors (Lipinski definition) is 6. The summed E-state index contributed by atoms with van der Waals surface area (Å²) in [6.45, 7) is 9.07. The van der Waals surface area contributed by atoms with E-state index in [-0.39, 0.29) is 11.4 Å². The summed E-state index contributed by atoms with van der Waals surface area (Å²) in [5.41, 5.74) is 2.11. The van der Waals surface area contributed by atoms with Crippen LogP contribution in [0.3, 0.4) is 0 Å². The van der Waals surface area contributed by atoms with Crippen LogP contribution in [0.1, 0.15) is 55.2 Å².